The molecule has 18 heteroatoms. The number of likely N-dealkylation sites (N-methyl/N-ethyl adjacent to an activating group) is 1. The molecular formula is C42H47ClN10O7. The van der Waals surface area contributed by atoms with Gasteiger partial charge in [0.1, 0.15) is 11.1 Å². The minimum absolute atomic E-state index is 0.0742. The maximum Gasteiger partial charge on any atom is 0.293 e. The number of halogens is 1. The van der Waals surface area contributed by atoms with E-state index in [4.69, 9.17) is 21.3 Å². The van der Waals surface area contributed by atoms with E-state index >= 15 is 0 Å². The summed E-state index contributed by atoms with van der Waals surface area (Å²) in [5, 5.41) is 9.11. The van der Waals surface area contributed by atoms with Crippen LogP contribution < -0.4 is 36.0 Å². The molecule has 4 fully saturated rings. The normalized spacial score (nSPS) is 19.0. The molecule has 3 N–H and O–H groups in total. The first kappa shape index (κ1) is 40.7. The second-order valence-corrected chi connectivity index (χ2v) is 16.7. The second kappa shape index (κ2) is 16.5. The highest BCUT2D eigenvalue weighted by atomic mass is 35.5. The molecule has 4 aliphatic rings. The number of ether oxygens (including phenoxy) is 1. The summed E-state index contributed by atoms with van der Waals surface area (Å²) < 4.78 is 6.98. The maximum atomic E-state index is 13.3. The van der Waals surface area contributed by atoms with Crippen LogP contribution in [-0.2, 0) is 26.2 Å². The monoisotopic (exact) mass is 838 g/mol. The molecule has 2 aromatic heterocycles. The van der Waals surface area contributed by atoms with Gasteiger partial charge in [-0.3, -0.25) is 39.0 Å². The van der Waals surface area contributed by atoms with Crippen LogP contribution in [0.1, 0.15) is 41.6 Å². The standard InChI is InChI=1S/C42H47ClN10O7/c1-25-14-29(5-6-30(25)39(58)53(24-54)33-8-9-35(55)47-38(33)57)52-22-42(23-52)20-50(21-42)18-26-10-12-51(13-11-26)41-45-17-31(43)37(48-41)46-28-4-7-32-27(15-28)16-34(40(59)49(32)3)60-19-36(56)44-2/h4-7,14-17,24,26,33H,8-13,18-23H2,1-3H3,(H,44,56)(H,45,46,48)(H,47,55,57). The van der Waals surface area contributed by atoms with E-state index in [1.165, 1.54) is 11.6 Å². The predicted molar refractivity (Wildman–Crippen MR) is 225 cm³/mol. The Labute approximate surface area is 351 Å². The number of nitrogens with one attached hydrogen (secondary N) is 3. The molecule has 0 saturated carbocycles. The third kappa shape index (κ3) is 8.10. The number of fused-ring (bicyclic) bond motifs is 1. The molecule has 4 saturated heterocycles. The topological polar surface area (TPSA) is 191 Å². The first-order valence-corrected chi connectivity index (χ1v) is 20.4. The van der Waals surface area contributed by atoms with Gasteiger partial charge in [0.05, 0.1) is 11.7 Å². The highest BCUT2D eigenvalue weighted by Crippen LogP contribution is 2.43. The van der Waals surface area contributed by atoms with Crippen LogP contribution in [0.4, 0.5) is 23.1 Å². The van der Waals surface area contributed by atoms with Gasteiger partial charge in [0.2, 0.25) is 24.2 Å². The Kier molecular flexibility index (Phi) is 11.2. The van der Waals surface area contributed by atoms with E-state index in [0.29, 0.717) is 45.9 Å². The molecular weight excluding hydrogens is 792 g/mol. The van der Waals surface area contributed by atoms with Crippen molar-refractivity contribution in [3.63, 3.8) is 0 Å². The van der Waals surface area contributed by atoms with Crippen molar-refractivity contribution in [2.45, 2.75) is 38.6 Å². The van der Waals surface area contributed by atoms with E-state index in [1.807, 2.05) is 37.3 Å². The molecule has 1 spiro atoms. The molecule has 314 valence electrons. The molecule has 2 aromatic carbocycles. The summed E-state index contributed by atoms with van der Waals surface area (Å²) in [6.07, 6.45) is 4.21. The van der Waals surface area contributed by atoms with Crippen LogP contribution in [0.3, 0.4) is 0 Å². The number of hydrogen-bond acceptors (Lipinski definition) is 13. The fraction of sp³-hybridized carbons (Fsp3) is 0.429. The number of amides is 5. The lowest BCUT2D eigenvalue weighted by Crippen LogP contribution is -2.72. The summed E-state index contributed by atoms with van der Waals surface area (Å²) in [5.74, 6) is -0.215. The third-order valence-corrected chi connectivity index (χ3v) is 12.4. The maximum absolute atomic E-state index is 13.3. The van der Waals surface area contributed by atoms with Crippen LogP contribution in [0.5, 0.6) is 5.75 Å². The Balaban J connectivity index is 0.811. The Hall–Kier alpha value is -6.07. The number of likely N-dealkylation sites (tertiary alicyclic amines) is 1. The van der Waals surface area contributed by atoms with E-state index in [2.05, 4.69) is 35.6 Å². The van der Waals surface area contributed by atoms with Gasteiger partial charge in [0.15, 0.2) is 18.2 Å². The number of aromatic nitrogens is 3. The summed E-state index contributed by atoms with van der Waals surface area (Å²) in [5.41, 5.74) is 3.42. The molecule has 60 heavy (non-hydrogen) atoms. The third-order valence-electron chi connectivity index (χ3n) is 12.1. The number of anilines is 4. The van der Waals surface area contributed by atoms with Crippen molar-refractivity contribution in [3.8, 4) is 5.75 Å². The molecule has 4 aromatic rings. The number of imide groups is 2. The number of nitrogens with zero attached hydrogens (tertiary/aromatic N) is 7. The molecule has 1 atom stereocenters. The van der Waals surface area contributed by atoms with E-state index in [9.17, 15) is 28.8 Å². The van der Waals surface area contributed by atoms with Gasteiger partial charge in [-0.2, -0.15) is 4.98 Å². The first-order chi connectivity index (χ1) is 28.8. The number of rotatable bonds is 12. The number of carbonyl (C=O) groups is 5. The summed E-state index contributed by atoms with van der Waals surface area (Å²) in [7, 11) is 3.16. The van der Waals surface area contributed by atoms with Crippen LogP contribution in [0.15, 0.2) is 53.5 Å². The van der Waals surface area contributed by atoms with Crippen LogP contribution in [0, 0.1) is 18.3 Å². The SMILES string of the molecule is CNC(=O)COc1cc2cc(Nc3nc(N4CCC(CN5CC6(C5)CN(c5ccc(C(=O)N(C=O)C7CCC(=O)NC7=O)c(C)c5)C6)CC4)ncc3Cl)ccc2n(C)c1=O. The van der Waals surface area contributed by atoms with Crippen LogP contribution in [-0.4, -0.2) is 120 Å². The van der Waals surface area contributed by atoms with Crippen molar-refractivity contribution in [1.29, 1.82) is 0 Å². The van der Waals surface area contributed by atoms with Crippen LogP contribution >= 0.6 is 11.6 Å². The number of piperidine rings is 2. The second-order valence-electron chi connectivity index (χ2n) is 16.3. The van der Waals surface area contributed by atoms with Crippen molar-refractivity contribution >= 4 is 75.7 Å². The molecule has 8 rings (SSSR count). The number of benzene rings is 2. The minimum Gasteiger partial charge on any atom is -0.478 e. The highest BCUT2D eigenvalue weighted by molar-refractivity contribution is 6.33. The Morgan fingerprint density at radius 2 is 1.80 bits per heavy atom. The predicted octanol–water partition coefficient (Wildman–Crippen LogP) is 2.60. The summed E-state index contributed by atoms with van der Waals surface area (Å²) in [4.78, 5) is 90.8. The average molecular weight is 839 g/mol. The molecule has 4 aliphatic heterocycles. The fourth-order valence-corrected chi connectivity index (χ4v) is 9.01. The van der Waals surface area contributed by atoms with E-state index < -0.39 is 23.8 Å². The number of pyridine rings is 1. The van der Waals surface area contributed by atoms with Crippen molar-refractivity contribution in [2.24, 2.45) is 18.4 Å². The first-order valence-electron chi connectivity index (χ1n) is 20.0. The molecule has 0 radical (unpaired) electrons. The van der Waals surface area contributed by atoms with Gasteiger partial charge in [-0.1, -0.05) is 11.6 Å². The number of hydrogen-bond donors (Lipinski definition) is 3. The lowest BCUT2D eigenvalue weighted by atomic mass is 9.72. The zero-order chi connectivity index (χ0) is 42.3. The number of carbonyl (C=O) groups excluding carboxylic acids is 5. The van der Waals surface area contributed by atoms with Crippen molar-refractivity contribution in [1.82, 2.24) is 35.0 Å². The van der Waals surface area contributed by atoms with Gasteiger partial charge in [-0.25, -0.2) is 4.98 Å². The highest BCUT2D eigenvalue weighted by Gasteiger charge is 2.52. The van der Waals surface area contributed by atoms with E-state index in [0.717, 1.165) is 80.2 Å². The molecule has 1 unspecified atom stereocenters. The van der Waals surface area contributed by atoms with Gasteiger partial charge >= 0.3 is 0 Å². The van der Waals surface area contributed by atoms with Crippen LogP contribution in [0.25, 0.3) is 10.9 Å². The Morgan fingerprint density at radius 1 is 1.03 bits per heavy atom. The van der Waals surface area contributed by atoms with Gasteiger partial charge in [0.25, 0.3) is 17.4 Å². The van der Waals surface area contributed by atoms with Gasteiger partial charge in [-0.05, 0) is 80.1 Å². The quantitative estimate of drug-likeness (QED) is 0.140. The Morgan fingerprint density at radius 3 is 2.50 bits per heavy atom. The van der Waals surface area contributed by atoms with E-state index in [1.54, 1.807) is 25.4 Å². The molecule has 6 heterocycles. The number of aryl methyl sites for hydroxylation is 2. The molecule has 5 amide bonds. The summed E-state index contributed by atoms with van der Waals surface area (Å²) in [6.45, 7) is 8.23. The smallest absolute Gasteiger partial charge is 0.293 e. The zero-order valence-corrected chi connectivity index (χ0v) is 34.5. The van der Waals surface area contributed by atoms with Crippen LogP contribution in [0.2, 0.25) is 5.02 Å². The average Bonchev–Trinajstić information content (AvgIpc) is 3.21. The van der Waals surface area contributed by atoms with Gasteiger partial charge in [-0.15, -0.1) is 0 Å². The molecule has 17 nitrogen and oxygen atoms in total. The van der Waals surface area contributed by atoms with Crippen molar-refractivity contribution < 1.29 is 28.7 Å². The van der Waals surface area contributed by atoms with Crippen molar-refractivity contribution in [3.05, 3.63) is 75.2 Å². The molecule has 0 bridgehead atoms. The molecule has 0 aliphatic carbocycles. The fourth-order valence-electron chi connectivity index (χ4n) is 8.88. The van der Waals surface area contributed by atoms with Gasteiger partial charge in [0, 0.05) is 94.1 Å². The lowest BCUT2D eigenvalue weighted by molar-refractivity contribution is -0.139. The van der Waals surface area contributed by atoms with Gasteiger partial charge < -0.3 is 34.6 Å². The Bertz CT molecular complexity index is 2440. The summed E-state index contributed by atoms with van der Waals surface area (Å²) >= 11 is 6.56. The zero-order valence-electron chi connectivity index (χ0n) is 33.7. The van der Waals surface area contributed by atoms with E-state index in [-0.39, 0.29) is 42.1 Å². The van der Waals surface area contributed by atoms with Crippen molar-refractivity contribution in [2.75, 3.05) is 74.6 Å². The summed E-state index contributed by atoms with van der Waals surface area (Å²) in [6, 6.07) is 11.7. The largest absolute Gasteiger partial charge is 0.478 e. The lowest BCUT2D eigenvalue weighted by Gasteiger charge is -2.61. The minimum atomic E-state index is -1.00.